The van der Waals surface area contributed by atoms with Gasteiger partial charge in [0.2, 0.25) is 0 Å². The van der Waals surface area contributed by atoms with Crippen LogP contribution in [0.15, 0.2) is 12.1 Å². The molecule has 2 N–H and O–H groups in total. The Labute approximate surface area is 109 Å². The van der Waals surface area contributed by atoms with E-state index in [0.29, 0.717) is 12.1 Å². The third-order valence-corrected chi connectivity index (χ3v) is 2.22. The van der Waals surface area contributed by atoms with Gasteiger partial charge in [0.1, 0.15) is 5.75 Å². The van der Waals surface area contributed by atoms with Crippen molar-refractivity contribution in [3.8, 4) is 5.75 Å². The van der Waals surface area contributed by atoms with E-state index in [1.165, 1.54) is 0 Å². The maximum atomic E-state index is 12.1. The first-order valence-electron chi connectivity index (χ1n) is 4.91. The Morgan fingerprint density at radius 2 is 2.05 bits per heavy atom. The monoisotopic (exact) mass is 291 g/mol. The molecule has 1 unspecified atom stereocenters. The van der Waals surface area contributed by atoms with Crippen LogP contribution in [0.5, 0.6) is 5.75 Å². The molecular weight excluding hydrogens is 284 g/mol. The molecule has 0 aliphatic rings. The van der Waals surface area contributed by atoms with Gasteiger partial charge in [0.15, 0.2) is 12.4 Å². The largest absolute Gasteiger partial charge is 0.479 e. The van der Waals surface area contributed by atoms with E-state index in [0.717, 1.165) is 0 Å². The van der Waals surface area contributed by atoms with Gasteiger partial charge in [0, 0.05) is 5.56 Å². The lowest BCUT2D eigenvalue weighted by atomic mass is 10.0. The number of hydrogen-bond acceptors (Lipinski definition) is 6. The van der Waals surface area contributed by atoms with Gasteiger partial charge in [-0.2, -0.15) is 8.78 Å². The summed E-state index contributed by atoms with van der Waals surface area (Å²) in [5, 5.41) is 28.8. The van der Waals surface area contributed by atoms with Gasteiger partial charge in [0.25, 0.3) is 5.69 Å². The van der Waals surface area contributed by atoms with E-state index >= 15 is 0 Å². The van der Waals surface area contributed by atoms with Crippen LogP contribution in [0.3, 0.4) is 0 Å². The van der Waals surface area contributed by atoms with Crippen molar-refractivity contribution in [2.45, 2.75) is 12.7 Å². The number of nitrogens with zero attached hydrogens (tertiary/aromatic N) is 1. The molecule has 1 atom stereocenters. The number of nitro groups is 1. The summed E-state index contributed by atoms with van der Waals surface area (Å²) in [6.07, 6.45) is -2.36. The number of carbonyl (C=O) groups is 2. The first kappa shape index (κ1) is 15.4. The zero-order valence-electron chi connectivity index (χ0n) is 9.53. The molecule has 8 nitrogen and oxygen atoms in total. The minimum atomic E-state index is -3.29. The van der Waals surface area contributed by atoms with E-state index in [2.05, 4.69) is 4.74 Å². The lowest BCUT2D eigenvalue weighted by Crippen LogP contribution is -2.15. The van der Waals surface area contributed by atoms with E-state index in [9.17, 15) is 33.6 Å². The maximum absolute atomic E-state index is 12.1. The highest BCUT2D eigenvalue weighted by Gasteiger charge is 2.30. The number of ether oxygens (including phenoxy) is 1. The van der Waals surface area contributed by atoms with Gasteiger partial charge in [-0.1, -0.05) is 0 Å². The number of alkyl halides is 2. The van der Waals surface area contributed by atoms with E-state index in [-0.39, 0.29) is 6.29 Å². The number of carboxylic acid groups (broad SMARTS) is 1. The minimum Gasteiger partial charge on any atom is -0.479 e. The number of carboxylic acids is 1. The highest BCUT2D eigenvalue weighted by molar-refractivity contribution is 5.86. The SMILES string of the molecule is O=Cc1cc(OC(F)F)cc([N+](=O)[O-])c1C(O)C(=O)O. The van der Waals surface area contributed by atoms with Crippen LogP contribution in [-0.2, 0) is 4.79 Å². The average molecular weight is 291 g/mol. The molecule has 0 fully saturated rings. The summed E-state index contributed by atoms with van der Waals surface area (Å²) >= 11 is 0. The fourth-order valence-electron chi connectivity index (χ4n) is 1.47. The summed E-state index contributed by atoms with van der Waals surface area (Å²) in [6, 6.07) is 1.17. The molecule has 0 saturated carbocycles. The lowest BCUT2D eigenvalue weighted by Gasteiger charge is -2.12. The topological polar surface area (TPSA) is 127 Å². The van der Waals surface area contributed by atoms with Gasteiger partial charge in [0.05, 0.1) is 16.6 Å². The minimum absolute atomic E-state index is 0.00712. The molecule has 10 heteroatoms. The fourth-order valence-corrected chi connectivity index (χ4v) is 1.47. The molecule has 0 aromatic heterocycles. The number of aldehydes is 1. The first-order chi connectivity index (χ1) is 9.27. The standard InChI is InChI=1S/C10H7F2NO7/c11-10(12)20-5-1-4(3-14)7(8(15)9(16)17)6(2-5)13(18)19/h1-3,8,10,15H,(H,16,17). The van der Waals surface area contributed by atoms with E-state index in [1.54, 1.807) is 0 Å². The Morgan fingerprint density at radius 1 is 1.45 bits per heavy atom. The van der Waals surface area contributed by atoms with Crippen molar-refractivity contribution in [3.05, 3.63) is 33.4 Å². The summed E-state index contributed by atoms with van der Waals surface area (Å²) < 4.78 is 28.0. The molecule has 1 aromatic rings. The number of aliphatic carboxylic acids is 1. The second-order valence-corrected chi connectivity index (χ2v) is 3.44. The van der Waals surface area contributed by atoms with Gasteiger partial charge < -0.3 is 14.9 Å². The van der Waals surface area contributed by atoms with Crippen LogP contribution in [0, 0.1) is 10.1 Å². The van der Waals surface area contributed by atoms with E-state index in [1.807, 2.05) is 0 Å². The Kier molecular flexibility index (Phi) is 4.64. The Balaban J connectivity index is 3.52. The van der Waals surface area contributed by atoms with Crippen LogP contribution >= 0.6 is 0 Å². The van der Waals surface area contributed by atoms with Crippen LogP contribution in [0.4, 0.5) is 14.5 Å². The van der Waals surface area contributed by atoms with E-state index in [4.69, 9.17) is 5.11 Å². The third kappa shape index (κ3) is 3.23. The molecule has 0 spiro atoms. The number of benzene rings is 1. The molecule has 0 amide bonds. The predicted molar refractivity (Wildman–Crippen MR) is 57.7 cm³/mol. The second-order valence-electron chi connectivity index (χ2n) is 3.44. The molecule has 0 bridgehead atoms. The quantitative estimate of drug-likeness (QED) is 0.456. The van der Waals surface area contributed by atoms with Gasteiger partial charge in [-0.3, -0.25) is 14.9 Å². The van der Waals surface area contributed by atoms with Crippen LogP contribution in [0.2, 0.25) is 0 Å². The first-order valence-corrected chi connectivity index (χ1v) is 4.91. The molecule has 0 aliphatic carbocycles. The maximum Gasteiger partial charge on any atom is 0.387 e. The van der Waals surface area contributed by atoms with Crippen molar-refractivity contribution >= 4 is 17.9 Å². The third-order valence-electron chi connectivity index (χ3n) is 2.22. The van der Waals surface area contributed by atoms with Crippen LogP contribution in [0.25, 0.3) is 0 Å². The number of rotatable bonds is 6. The molecule has 108 valence electrons. The molecule has 1 rings (SSSR count). The number of aliphatic hydroxyl groups excluding tert-OH is 1. The number of aliphatic hydroxyl groups is 1. The van der Waals surface area contributed by atoms with Crippen molar-refractivity contribution in [1.29, 1.82) is 0 Å². The smallest absolute Gasteiger partial charge is 0.387 e. The predicted octanol–water partition coefficient (Wildman–Crippen LogP) is 1.13. The number of halogens is 2. The number of hydrogen-bond donors (Lipinski definition) is 2. The molecule has 0 radical (unpaired) electrons. The normalized spacial score (nSPS) is 12.0. The van der Waals surface area contributed by atoms with E-state index < -0.39 is 46.2 Å². The summed E-state index contributed by atoms with van der Waals surface area (Å²) in [6.45, 7) is -3.29. The highest BCUT2D eigenvalue weighted by Crippen LogP contribution is 2.33. The van der Waals surface area contributed by atoms with Crippen molar-refractivity contribution in [2.75, 3.05) is 0 Å². The van der Waals surface area contributed by atoms with Gasteiger partial charge in [-0.05, 0) is 6.07 Å². The lowest BCUT2D eigenvalue weighted by molar-refractivity contribution is -0.386. The molecule has 0 heterocycles. The van der Waals surface area contributed by atoms with Crippen LogP contribution < -0.4 is 4.74 Å². The highest BCUT2D eigenvalue weighted by atomic mass is 19.3. The Bertz CT molecular complexity index is 561. The molecule has 0 saturated heterocycles. The molecule has 0 aliphatic heterocycles. The Hall–Kier alpha value is -2.62. The zero-order valence-corrected chi connectivity index (χ0v) is 9.53. The summed E-state index contributed by atoms with van der Waals surface area (Å²) in [7, 11) is 0. The van der Waals surface area contributed by atoms with Crippen molar-refractivity contribution < 1.29 is 38.2 Å². The average Bonchev–Trinajstić information content (AvgIpc) is 2.35. The zero-order chi connectivity index (χ0) is 15.4. The van der Waals surface area contributed by atoms with Crippen LogP contribution in [0.1, 0.15) is 22.0 Å². The summed E-state index contributed by atoms with van der Waals surface area (Å²) in [4.78, 5) is 31.1. The molecule has 20 heavy (non-hydrogen) atoms. The Morgan fingerprint density at radius 3 is 2.45 bits per heavy atom. The van der Waals surface area contributed by atoms with Crippen molar-refractivity contribution in [3.63, 3.8) is 0 Å². The van der Waals surface area contributed by atoms with Gasteiger partial charge in [-0.25, -0.2) is 4.79 Å². The van der Waals surface area contributed by atoms with Gasteiger partial charge in [-0.15, -0.1) is 0 Å². The number of carbonyl (C=O) groups excluding carboxylic acids is 1. The van der Waals surface area contributed by atoms with Crippen molar-refractivity contribution in [1.82, 2.24) is 0 Å². The molecular formula is C10H7F2NO7. The summed E-state index contributed by atoms with van der Waals surface area (Å²) in [5.74, 6) is -2.53. The number of nitro benzene ring substituents is 1. The van der Waals surface area contributed by atoms with Gasteiger partial charge >= 0.3 is 12.6 Å². The second kappa shape index (κ2) is 6.02. The van der Waals surface area contributed by atoms with Crippen LogP contribution in [-0.4, -0.2) is 34.0 Å². The van der Waals surface area contributed by atoms with Crippen molar-refractivity contribution in [2.24, 2.45) is 0 Å². The summed E-state index contributed by atoms with van der Waals surface area (Å²) in [5.41, 5.74) is -2.45. The molecule has 1 aromatic carbocycles. The fraction of sp³-hybridized carbons (Fsp3) is 0.200.